The van der Waals surface area contributed by atoms with Crippen molar-refractivity contribution in [3.63, 3.8) is 0 Å². The number of hydrogen-bond acceptors (Lipinski definition) is 4. The summed E-state index contributed by atoms with van der Waals surface area (Å²) < 4.78 is 0. The van der Waals surface area contributed by atoms with Crippen LogP contribution in [0.3, 0.4) is 0 Å². The molecule has 0 aromatic carbocycles. The Morgan fingerprint density at radius 2 is 1.71 bits per heavy atom. The van der Waals surface area contributed by atoms with Crippen molar-refractivity contribution in [3.8, 4) is 0 Å². The third kappa shape index (κ3) is 2.35. The maximum atomic E-state index is 4.69. The fourth-order valence-corrected chi connectivity index (χ4v) is 6.84. The Labute approximate surface area is 131 Å². The van der Waals surface area contributed by atoms with Gasteiger partial charge in [-0.3, -0.25) is 0 Å². The lowest BCUT2D eigenvalue weighted by atomic mass is 9.50. The van der Waals surface area contributed by atoms with E-state index in [-0.39, 0.29) is 0 Å². The first-order chi connectivity index (χ1) is 10.2. The van der Waals surface area contributed by atoms with Crippen molar-refractivity contribution in [3.05, 3.63) is 10.0 Å². The molecule has 116 valence electrons. The minimum Gasteiger partial charge on any atom is -0.308 e. The fourth-order valence-electron chi connectivity index (χ4n) is 5.61. The third-order valence-corrected chi connectivity index (χ3v) is 7.37. The smallest absolute Gasteiger partial charge is 0.134 e. The molecule has 4 heteroatoms. The standard InChI is InChI=1S/C17H27N3S/c1-3-14(18-4-2)15-19-20-16(21-15)17-8-11-5-12(9-17)7-13(6-11)10-17/h11-14,18H,3-10H2,1-2H3. The van der Waals surface area contributed by atoms with Gasteiger partial charge in [0, 0.05) is 5.41 Å². The van der Waals surface area contributed by atoms with Crippen molar-refractivity contribution >= 4 is 11.3 Å². The summed E-state index contributed by atoms with van der Waals surface area (Å²) in [5.74, 6) is 2.96. The van der Waals surface area contributed by atoms with Gasteiger partial charge < -0.3 is 5.32 Å². The lowest BCUT2D eigenvalue weighted by Crippen LogP contribution is -2.48. The molecule has 1 unspecified atom stereocenters. The number of hydrogen-bond donors (Lipinski definition) is 1. The van der Waals surface area contributed by atoms with Crippen LogP contribution in [0.2, 0.25) is 0 Å². The maximum Gasteiger partial charge on any atom is 0.134 e. The molecule has 4 aliphatic carbocycles. The molecule has 1 heterocycles. The van der Waals surface area contributed by atoms with Crippen molar-refractivity contribution in [2.75, 3.05) is 6.54 Å². The zero-order valence-corrected chi connectivity index (χ0v) is 14.1. The van der Waals surface area contributed by atoms with Crippen LogP contribution in [0.4, 0.5) is 0 Å². The van der Waals surface area contributed by atoms with Crippen molar-refractivity contribution in [1.29, 1.82) is 0 Å². The van der Waals surface area contributed by atoms with Crippen LogP contribution in [0, 0.1) is 17.8 Å². The second-order valence-corrected chi connectivity index (χ2v) is 8.67. The maximum absolute atomic E-state index is 4.69. The second-order valence-electron chi connectivity index (χ2n) is 7.66. The van der Waals surface area contributed by atoms with Crippen LogP contribution < -0.4 is 5.32 Å². The van der Waals surface area contributed by atoms with Crippen LogP contribution in [-0.2, 0) is 5.41 Å². The Balaban J connectivity index is 1.60. The van der Waals surface area contributed by atoms with E-state index in [1.54, 1.807) is 0 Å². The summed E-state index contributed by atoms with van der Waals surface area (Å²) in [6.45, 7) is 5.41. The SMILES string of the molecule is CCNC(CC)c1nnc(C23CC4CC(CC(C4)C2)C3)s1. The van der Waals surface area contributed by atoms with E-state index in [9.17, 15) is 0 Å². The summed E-state index contributed by atoms with van der Waals surface area (Å²) in [7, 11) is 0. The highest BCUT2D eigenvalue weighted by molar-refractivity contribution is 7.11. The summed E-state index contributed by atoms with van der Waals surface area (Å²) >= 11 is 1.91. The molecule has 0 spiro atoms. The Hall–Kier alpha value is -0.480. The van der Waals surface area contributed by atoms with Crippen LogP contribution in [0.1, 0.15) is 74.9 Å². The zero-order chi connectivity index (χ0) is 14.4. The highest BCUT2D eigenvalue weighted by Crippen LogP contribution is 2.61. The van der Waals surface area contributed by atoms with Crippen LogP contribution in [0.5, 0.6) is 0 Å². The Bertz CT molecular complexity index is 475. The first-order valence-electron chi connectivity index (χ1n) is 8.79. The molecular weight excluding hydrogens is 278 g/mol. The van der Waals surface area contributed by atoms with E-state index in [0.29, 0.717) is 11.5 Å². The second kappa shape index (κ2) is 5.31. The van der Waals surface area contributed by atoms with Gasteiger partial charge in [0.05, 0.1) is 6.04 Å². The average Bonchev–Trinajstić information content (AvgIpc) is 2.93. The largest absolute Gasteiger partial charge is 0.308 e. The molecule has 1 N–H and O–H groups in total. The topological polar surface area (TPSA) is 37.8 Å². The normalized spacial score (nSPS) is 38.9. The number of nitrogens with one attached hydrogen (secondary N) is 1. The number of aromatic nitrogens is 2. The third-order valence-electron chi connectivity index (χ3n) is 6.09. The van der Waals surface area contributed by atoms with Gasteiger partial charge in [0.25, 0.3) is 0 Å². The monoisotopic (exact) mass is 305 g/mol. The molecule has 21 heavy (non-hydrogen) atoms. The van der Waals surface area contributed by atoms with Crippen molar-refractivity contribution in [2.45, 2.75) is 70.3 Å². The van der Waals surface area contributed by atoms with E-state index < -0.39 is 0 Å². The van der Waals surface area contributed by atoms with Gasteiger partial charge in [0.15, 0.2) is 0 Å². The Morgan fingerprint density at radius 3 is 2.24 bits per heavy atom. The molecule has 4 fully saturated rings. The summed E-state index contributed by atoms with van der Waals surface area (Å²) in [6, 6.07) is 0.398. The van der Waals surface area contributed by atoms with Gasteiger partial charge in [0.1, 0.15) is 10.0 Å². The molecule has 4 saturated carbocycles. The van der Waals surface area contributed by atoms with E-state index in [2.05, 4.69) is 29.4 Å². The van der Waals surface area contributed by atoms with E-state index in [0.717, 1.165) is 30.7 Å². The minimum atomic E-state index is 0.398. The lowest BCUT2D eigenvalue weighted by molar-refractivity contribution is -0.00555. The van der Waals surface area contributed by atoms with Gasteiger partial charge in [-0.1, -0.05) is 25.2 Å². The summed E-state index contributed by atoms with van der Waals surface area (Å²) in [4.78, 5) is 0. The molecule has 1 aromatic heterocycles. The van der Waals surface area contributed by atoms with Gasteiger partial charge >= 0.3 is 0 Å². The number of rotatable bonds is 5. The van der Waals surface area contributed by atoms with Crippen LogP contribution >= 0.6 is 11.3 Å². The van der Waals surface area contributed by atoms with Crippen molar-refractivity contribution < 1.29 is 0 Å². The van der Waals surface area contributed by atoms with Crippen molar-refractivity contribution in [2.24, 2.45) is 17.8 Å². The summed E-state index contributed by atoms with van der Waals surface area (Å²) in [6.07, 6.45) is 9.78. The molecule has 0 saturated heterocycles. The van der Waals surface area contributed by atoms with Gasteiger partial charge in [-0.25, -0.2) is 0 Å². The zero-order valence-electron chi connectivity index (χ0n) is 13.3. The lowest BCUT2D eigenvalue weighted by Gasteiger charge is -2.55. The van der Waals surface area contributed by atoms with E-state index >= 15 is 0 Å². The molecule has 3 nitrogen and oxygen atoms in total. The summed E-state index contributed by atoms with van der Waals surface area (Å²) in [5.41, 5.74) is 0.412. The quantitative estimate of drug-likeness (QED) is 0.891. The van der Waals surface area contributed by atoms with E-state index in [1.807, 2.05) is 11.3 Å². The molecule has 0 radical (unpaired) electrons. The first-order valence-corrected chi connectivity index (χ1v) is 9.61. The van der Waals surface area contributed by atoms with Crippen LogP contribution in [0.25, 0.3) is 0 Å². The predicted octanol–water partition coefficient (Wildman–Crippen LogP) is 4.07. The van der Waals surface area contributed by atoms with E-state index in [4.69, 9.17) is 0 Å². The van der Waals surface area contributed by atoms with Gasteiger partial charge in [-0.15, -0.1) is 10.2 Å². The van der Waals surface area contributed by atoms with Gasteiger partial charge in [-0.2, -0.15) is 0 Å². The molecule has 4 aliphatic rings. The molecule has 1 aromatic rings. The average molecular weight is 305 g/mol. The van der Waals surface area contributed by atoms with Crippen LogP contribution in [-0.4, -0.2) is 16.7 Å². The minimum absolute atomic E-state index is 0.398. The fraction of sp³-hybridized carbons (Fsp3) is 0.882. The molecular formula is C17H27N3S. The molecule has 1 atom stereocenters. The van der Waals surface area contributed by atoms with Crippen molar-refractivity contribution in [1.82, 2.24) is 15.5 Å². The number of nitrogens with zero attached hydrogens (tertiary/aromatic N) is 2. The summed E-state index contributed by atoms with van der Waals surface area (Å²) in [5, 5.41) is 15.4. The Morgan fingerprint density at radius 1 is 1.10 bits per heavy atom. The van der Waals surface area contributed by atoms with Gasteiger partial charge in [0.2, 0.25) is 0 Å². The Kier molecular flexibility index (Phi) is 3.57. The highest BCUT2D eigenvalue weighted by atomic mass is 32.1. The first kappa shape index (κ1) is 14.1. The van der Waals surface area contributed by atoms with Gasteiger partial charge in [-0.05, 0) is 69.2 Å². The molecule has 5 rings (SSSR count). The molecule has 0 aliphatic heterocycles. The predicted molar refractivity (Wildman–Crippen MR) is 86.5 cm³/mol. The molecule has 4 bridgehead atoms. The molecule has 0 amide bonds. The van der Waals surface area contributed by atoms with Crippen LogP contribution in [0.15, 0.2) is 0 Å². The highest BCUT2D eigenvalue weighted by Gasteiger charge is 2.53. The van der Waals surface area contributed by atoms with E-state index in [1.165, 1.54) is 48.5 Å².